The van der Waals surface area contributed by atoms with Gasteiger partial charge in [-0.2, -0.15) is 15.3 Å². The number of aliphatic hydroxyl groups is 1. The molecule has 1 aliphatic rings. The number of ether oxygens (including phenoxy) is 2. The first-order chi connectivity index (χ1) is 16.5. The number of aromatic amines is 1. The van der Waals surface area contributed by atoms with Crippen molar-refractivity contribution in [3.63, 3.8) is 0 Å². The second-order valence-electron chi connectivity index (χ2n) is 8.85. The zero-order valence-electron chi connectivity index (χ0n) is 19.8. The highest BCUT2D eigenvalue weighted by molar-refractivity contribution is 5.93. The average molecular weight is 463 g/mol. The number of aliphatic hydroxyl groups excluding tert-OH is 1. The molecule has 0 saturated carbocycles. The van der Waals surface area contributed by atoms with Gasteiger partial charge in [0.15, 0.2) is 0 Å². The summed E-state index contributed by atoms with van der Waals surface area (Å²) in [6.45, 7) is 5.67. The highest BCUT2D eigenvalue weighted by atomic mass is 16.5. The second-order valence-corrected chi connectivity index (χ2v) is 8.85. The summed E-state index contributed by atoms with van der Waals surface area (Å²) >= 11 is 0. The Hall–Kier alpha value is -3.59. The van der Waals surface area contributed by atoms with Gasteiger partial charge in [-0.3, -0.25) is 5.10 Å². The lowest BCUT2D eigenvalue weighted by Crippen LogP contribution is -2.14. The largest absolute Gasteiger partial charge is 0.477 e. The van der Waals surface area contributed by atoms with Crippen molar-refractivity contribution in [2.24, 2.45) is 13.0 Å². The van der Waals surface area contributed by atoms with Crippen LogP contribution in [0, 0.1) is 12.8 Å². The van der Waals surface area contributed by atoms with Crippen LogP contribution in [0.4, 0.5) is 0 Å². The number of nitrogens with zero attached hydrogens (tertiary/aromatic N) is 5. The predicted molar refractivity (Wildman–Crippen MR) is 131 cm³/mol. The SMILES string of the molecule is Cc1nn(CCO)c2c1/C=C/c1[nH]nc3ccc(cc13)-c1cnn(C)c1OCCCC(C)CO2. The van der Waals surface area contributed by atoms with Gasteiger partial charge < -0.3 is 14.6 Å². The molecule has 4 heterocycles. The summed E-state index contributed by atoms with van der Waals surface area (Å²) in [5, 5.41) is 27.1. The van der Waals surface area contributed by atoms with E-state index in [9.17, 15) is 5.11 Å². The van der Waals surface area contributed by atoms with Crippen LogP contribution in [0.25, 0.3) is 34.2 Å². The standard InChI is InChI=1S/C25H30N6O3/c1-16-5-4-12-33-24-21(14-26-30(24)3)18-6-8-22-20(13-18)23(28-27-22)9-7-19-17(2)29-31(10-11-32)25(19)34-15-16/h6-9,13-14,16,32H,4-5,10-12,15H2,1-3H3,(H,27,28)/b9-7+. The fraction of sp³-hybridized carbons (Fsp3) is 0.400. The van der Waals surface area contributed by atoms with Crippen LogP contribution < -0.4 is 9.47 Å². The molecule has 9 nitrogen and oxygen atoms in total. The molecule has 0 radical (unpaired) electrons. The van der Waals surface area contributed by atoms with E-state index in [4.69, 9.17) is 9.47 Å². The van der Waals surface area contributed by atoms with Crippen LogP contribution in [-0.4, -0.2) is 54.7 Å². The van der Waals surface area contributed by atoms with Gasteiger partial charge >= 0.3 is 0 Å². The first-order valence-electron chi connectivity index (χ1n) is 11.7. The quantitative estimate of drug-likeness (QED) is 0.470. The number of aromatic nitrogens is 6. The molecule has 1 aromatic carbocycles. The van der Waals surface area contributed by atoms with Gasteiger partial charge in [0.1, 0.15) is 0 Å². The molecule has 9 heteroatoms. The Kier molecular flexibility index (Phi) is 6.10. The average Bonchev–Trinajstić information content (AvgIpc) is 3.48. The molecule has 2 bridgehead atoms. The molecular weight excluding hydrogens is 432 g/mol. The summed E-state index contributed by atoms with van der Waals surface area (Å²) in [5.74, 6) is 1.78. The van der Waals surface area contributed by atoms with Gasteiger partial charge in [0, 0.05) is 12.4 Å². The summed E-state index contributed by atoms with van der Waals surface area (Å²) in [6, 6.07) is 6.16. The molecule has 178 valence electrons. The van der Waals surface area contributed by atoms with E-state index in [1.807, 2.05) is 44.5 Å². The van der Waals surface area contributed by atoms with Gasteiger partial charge in [-0.1, -0.05) is 13.0 Å². The minimum atomic E-state index is -0.00307. The van der Waals surface area contributed by atoms with Crippen molar-refractivity contribution in [2.75, 3.05) is 19.8 Å². The minimum absolute atomic E-state index is 0.00307. The molecule has 0 spiro atoms. The normalized spacial score (nSPS) is 17.6. The Morgan fingerprint density at radius 3 is 2.94 bits per heavy atom. The highest BCUT2D eigenvalue weighted by Gasteiger charge is 2.18. The van der Waals surface area contributed by atoms with E-state index in [0.717, 1.165) is 57.7 Å². The van der Waals surface area contributed by atoms with Crippen LogP contribution in [0.1, 0.15) is 36.7 Å². The molecule has 1 unspecified atom stereocenters. The highest BCUT2D eigenvalue weighted by Crippen LogP contribution is 2.33. The Bertz CT molecular complexity index is 1330. The van der Waals surface area contributed by atoms with Crippen molar-refractivity contribution in [3.05, 3.63) is 41.3 Å². The number of H-pyrrole nitrogens is 1. The third kappa shape index (κ3) is 4.19. The summed E-state index contributed by atoms with van der Waals surface area (Å²) in [5.41, 5.74) is 5.52. The lowest BCUT2D eigenvalue weighted by atomic mass is 10.1. The molecule has 0 aliphatic carbocycles. The third-order valence-electron chi connectivity index (χ3n) is 6.22. The Labute approximate surface area is 198 Å². The summed E-state index contributed by atoms with van der Waals surface area (Å²) in [7, 11) is 1.90. The first-order valence-corrected chi connectivity index (χ1v) is 11.7. The van der Waals surface area contributed by atoms with Gasteiger partial charge in [0.2, 0.25) is 11.8 Å². The van der Waals surface area contributed by atoms with Crippen molar-refractivity contribution >= 4 is 23.1 Å². The Morgan fingerprint density at radius 2 is 2.09 bits per heavy atom. The molecule has 0 saturated heterocycles. The van der Waals surface area contributed by atoms with Crippen molar-refractivity contribution in [1.29, 1.82) is 0 Å². The number of benzene rings is 1. The van der Waals surface area contributed by atoms with Crippen LogP contribution in [0.2, 0.25) is 0 Å². The zero-order chi connectivity index (χ0) is 23.7. The molecule has 2 N–H and O–H groups in total. The van der Waals surface area contributed by atoms with Crippen molar-refractivity contribution in [1.82, 2.24) is 29.8 Å². The fourth-order valence-corrected chi connectivity index (χ4v) is 4.36. The second kappa shape index (κ2) is 9.34. The van der Waals surface area contributed by atoms with E-state index in [2.05, 4.69) is 33.4 Å². The van der Waals surface area contributed by atoms with E-state index >= 15 is 0 Å². The zero-order valence-corrected chi connectivity index (χ0v) is 19.8. The lowest BCUT2D eigenvalue weighted by molar-refractivity contribution is 0.204. The summed E-state index contributed by atoms with van der Waals surface area (Å²) in [6.07, 6.45) is 7.73. The molecule has 5 rings (SSSR count). The molecular formula is C25H30N6O3. The number of fused-ring (bicyclic) bond motifs is 4. The summed E-state index contributed by atoms with van der Waals surface area (Å²) < 4.78 is 15.9. The fourth-order valence-electron chi connectivity index (χ4n) is 4.36. The molecule has 1 atom stereocenters. The van der Waals surface area contributed by atoms with Crippen LogP contribution in [0.15, 0.2) is 24.4 Å². The van der Waals surface area contributed by atoms with E-state index < -0.39 is 0 Å². The Balaban J connectivity index is 1.61. The molecule has 0 amide bonds. The van der Waals surface area contributed by atoms with E-state index in [-0.39, 0.29) is 6.61 Å². The topological polar surface area (TPSA) is 103 Å². The summed E-state index contributed by atoms with van der Waals surface area (Å²) in [4.78, 5) is 0. The number of rotatable bonds is 2. The van der Waals surface area contributed by atoms with E-state index in [1.54, 1.807) is 9.36 Å². The van der Waals surface area contributed by atoms with Gasteiger partial charge in [-0.05, 0) is 55.5 Å². The predicted octanol–water partition coefficient (Wildman–Crippen LogP) is 3.82. The molecule has 34 heavy (non-hydrogen) atoms. The smallest absolute Gasteiger partial charge is 0.219 e. The van der Waals surface area contributed by atoms with Gasteiger partial charge in [0.25, 0.3) is 0 Å². The minimum Gasteiger partial charge on any atom is -0.477 e. The van der Waals surface area contributed by atoms with Gasteiger partial charge in [0.05, 0.1) is 60.6 Å². The third-order valence-corrected chi connectivity index (χ3v) is 6.22. The lowest BCUT2D eigenvalue weighted by Gasteiger charge is -2.15. The van der Waals surface area contributed by atoms with Gasteiger partial charge in [-0.15, -0.1) is 0 Å². The number of hydrogen-bond donors (Lipinski definition) is 2. The monoisotopic (exact) mass is 462 g/mol. The molecule has 0 fully saturated rings. The van der Waals surface area contributed by atoms with Crippen molar-refractivity contribution in [2.45, 2.75) is 33.2 Å². The van der Waals surface area contributed by atoms with E-state index in [0.29, 0.717) is 31.6 Å². The molecule has 4 aromatic rings. The molecule has 3 aromatic heterocycles. The number of nitrogens with one attached hydrogen (secondary N) is 1. The number of hydrogen-bond acceptors (Lipinski definition) is 6. The molecule has 1 aliphatic heterocycles. The van der Waals surface area contributed by atoms with Crippen LogP contribution >= 0.6 is 0 Å². The maximum absolute atomic E-state index is 9.50. The van der Waals surface area contributed by atoms with Crippen LogP contribution in [0.5, 0.6) is 11.8 Å². The van der Waals surface area contributed by atoms with E-state index in [1.165, 1.54) is 0 Å². The maximum atomic E-state index is 9.50. The maximum Gasteiger partial charge on any atom is 0.219 e. The van der Waals surface area contributed by atoms with Crippen LogP contribution in [-0.2, 0) is 13.6 Å². The van der Waals surface area contributed by atoms with Crippen molar-refractivity contribution < 1.29 is 14.6 Å². The Morgan fingerprint density at radius 1 is 1.21 bits per heavy atom. The number of aryl methyl sites for hydroxylation is 2. The van der Waals surface area contributed by atoms with Crippen LogP contribution in [0.3, 0.4) is 0 Å². The van der Waals surface area contributed by atoms with Crippen molar-refractivity contribution in [3.8, 4) is 22.9 Å². The van der Waals surface area contributed by atoms with Gasteiger partial charge in [-0.25, -0.2) is 9.36 Å². The first kappa shape index (κ1) is 22.2.